The van der Waals surface area contributed by atoms with Gasteiger partial charge in [-0.3, -0.25) is 10.5 Å². The summed E-state index contributed by atoms with van der Waals surface area (Å²) in [5.41, 5.74) is 3.41. The fourth-order valence-corrected chi connectivity index (χ4v) is 2.48. The molecule has 0 amide bonds. The predicted molar refractivity (Wildman–Crippen MR) is 79.5 cm³/mol. The lowest BCUT2D eigenvalue weighted by atomic mass is 9.90. The summed E-state index contributed by atoms with van der Waals surface area (Å²) in [6.45, 7) is 9.71. The van der Waals surface area contributed by atoms with Crippen molar-refractivity contribution < 1.29 is 9.47 Å². The van der Waals surface area contributed by atoms with Crippen LogP contribution >= 0.6 is 0 Å². The highest BCUT2D eigenvalue weighted by molar-refractivity contribution is 5.30. The Morgan fingerprint density at radius 1 is 1.45 bits per heavy atom. The second-order valence-corrected chi connectivity index (χ2v) is 5.02. The predicted octanol–water partition coefficient (Wildman–Crippen LogP) is 2.01. The number of nitrogens with zero attached hydrogens (tertiary/aromatic N) is 2. The highest BCUT2D eigenvalue weighted by Gasteiger charge is 2.38. The maximum absolute atomic E-state index is 5.95. The third-order valence-electron chi connectivity index (χ3n) is 3.73. The largest absolute Gasteiger partial charge is 0.493 e. The number of rotatable bonds is 9. The standard InChI is InChI=1S/C14H28N4O2/c1-6-9-18-12(11(19-5)10-16-18)13(17-15)14(4,7-2)20-8-3/h10,13,17H,6-9,15H2,1-5H3. The fraction of sp³-hybridized carbons (Fsp3) is 0.786. The van der Waals surface area contributed by atoms with Gasteiger partial charge in [-0.2, -0.15) is 5.10 Å². The van der Waals surface area contributed by atoms with Crippen molar-refractivity contribution in [1.82, 2.24) is 15.2 Å². The van der Waals surface area contributed by atoms with E-state index in [0.29, 0.717) is 6.61 Å². The smallest absolute Gasteiger partial charge is 0.161 e. The Hall–Kier alpha value is -1.11. The van der Waals surface area contributed by atoms with Crippen LogP contribution in [0.2, 0.25) is 0 Å². The van der Waals surface area contributed by atoms with Crippen molar-refractivity contribution in [2.45, 2.75) is 58.7 Å². The molecule has 6 heteroatoms. The van der Waals surface area contributed by atoms with Crippen molar-refractivity contribution in [2.24, 2.45) is 5.84 Å². The maximum atomic E-state index is 5.95. The van der Waals surface area contributed by atoms with Crippen LogP contribution < -0.4 is 16.0 Å². The second-order valence-electron chi connectivity index (χ2n) is 5.02. The van der Waals surface area contributed by atoms with Gasteiger partial charge in [0.05, 0.1) is 24.9 Å². The second kappa shape index (κ2) is 7.61. The number of hydrogen-bond donors (Lipinski definition) is 2. The Balaban J connectivity index is 3.25. The molecule has 1 aromatic heterocycles. The van der Waals surface area contributed by atoms with E-state index in [-0.39, 0.29) is 6.04 Å². The van der Waals surface area contributed by atoms with Crippen LogP contribution in [0.25, 0.3) is 0 Å². The molecule has 0 bridgehead atoms. The van der Waals surface area contributed by atoms with Crippen LogP contribution in [-0.4, -0.2) is 29.1 Å². The first-order chi connectivity index (χ1) is 9.57. The first kappa shape index (κ1) is 16.9. The topological polar surface area (TPSA) is 74.3 Å². The Morgan fingerprint density at radius 2 is 2.15 bits per heavy atom. The maximum Gasteiger partial charge on any atom is 0.161 e. The minimum atomic E-state index is -0.414. The number of aromatic nitrogens is 2. The number of nitrogens with two attached hydrogens (primary N) is 1. The van der Waals surface area contributed by atoms with E-state index in [1.807, 2.05) is 11.6 Å². The molecule has 20 heavy (non-hydrogen) atoms. The van der Waals surface area contributed by atoms with E-state index < -0.39 is 5.60 Å². The van der Waals surface area contributed by atoms with Gasteiger partial charge in [0, 0.05) is 13.2 Å². The third-order valence-corrected chi connectivity index (χ3v) is 3.73. The van der Waals surface area contributed by atoms with Gasteiger partial charge < -0.3 is 9.47 Å². The molecule has 0 aliphatic heterocycles. The van der Waals surface area contributed by atoms with Gasteiger partial charge in [-0.05, 0) is 26.7 Å². The monoisotopic (exact) mass is 284 g/mol. The van der Waals surface area contributed by atoms with Crippen molar-refractivity contribution in [1.29, 1.82) is 0 Å². The Kier molecular flexibility index (Phi) is 6.45. The Labute approximate surface area is 121 Å². The average molecular weight is 284 g/mol. The molecule has 3 N–H and O–H groups in total. The van der Waals surface area contributed by atoms with Gasteiger partial charge in [0.15, 0.2) is 5.75 Å². The minimum absolute atomic E-state index is 0.184. The lowest BCUT2D eigenvalue weighted by Gasteiger charge is -2.36. The molecule has 1 heterocycles. The molecule has 0 aliphatic carbocycles. The minimum Gasteiger partial charge on any atom is -0.493 e. The van der Waals surface area contributed by atoms with Crippen molar-refractivity contribution >= 4 is 0 Å². The zero-order chi connectivity index (χ0) is 15.2. The quantitative estimate of drug-likeness (QED) is 0.536. The lowest BCUT2D eigenvalue weighted by Crippen LogP contribution is -2.47. The Bertz CT molecular complexity index is 408. The zero-order valence-corrected chi connectivity index (χ0v) is 13.3. The summed E-state index contributed by atoms with van der Waals surface area (Å²) in [6.07, 6.45) is 3.56. The molecule has 116 valence electrons. The molecule has 0 radical (unpaired) electrons. The van der Waals surface area contributed by atoms with Gasteiger partial charge in [-0.15, -0.1) is 0 Å². The first-order valence-electron chi connectivity index (χ1n) is 7.27. The van der Waals surface area contributed by atoms with Gasteiger partial charge in [0.1, 0.15) is 5.69 Å². The first-order valence-corrected chi connectivity index (χ1v) is 7.27. The lowest BCUT2D eigenvalue weighted by molar-refractivity contribution is -0.0587. The van der Waals surface area contributed by atoms with E-state index in [9.17, 15) is 0 Å². The Morgan fingerprint density at radius 3 is 2.60 bits per heavy atom. The van der Waals surface area contributed by atoms with Gasteiger partial charge in [-0.25, -0.2) is 5.43 Å². The average Bonchev–Trinajstić information content (AvgIpc) is 2.83. The highest BCUT2D eigenvalue weighted by atomic mass is 16.5. The number of hydrazine groups is 1. The molecule has 0 saturated carbocycles. The summed E-state index contributed by atoms with van der Waals surface area (Å²) >= 11 is 0. The summed E-state index contributed by atoms with van der Waals surface area (Å²) in [5, 5.41) is 4.39. The SMILES string of the molecule is CCCn1ncc(OC)c1C(NN)C(C)(CC)OCC. The van der Waals surface area contributed by atoms with E-state index in [1.54, 1.807) is 13.3 Å². The van der Waals surface area contributed by atoms with E-state index in [1.165, 1.54) is 0 Å². The highest BCUT2D eigenvalue weighted by Crippen LogP contribution is 2.36. The molecule has 6 nitrogen and oxygen atoms in total. The van der Waals surface area contributed by atoms with Crippen LogP contribution in [0.5, 0.6) is 5.75 Å². The van der Waals surface area contributed by atoms with Crippen LogP contribution in [0.4, 0.5) is 0 Å². The number of hydrogen-bond acceptors (Lipinski definition) is 5. The molecule has 2 atom stereocenters. The zero-order valence-electron chi connectivity index (χ0n) is 13.3. The molecule has 0 aliphatic rings. The molecule has 0 fully saturated rings. The van der Waals surface area contributed by atoms with Crippen molar-refractivity contribution in [2.75, 3.05) is 13.7 Å². The molecule has 0 spiro atoms. The third kappa shape index (κ3) is 3.31. The summed E-state index contributed by atoms with van der Waals surface area (Å²) < 4.78 is 13.3. The molecule has 0 saturated heterocycles. The van der Waals surface area contributed by atoms with Crippen LogP contribution in [0.15, 0.2) is 6.20 Å². The van der Waals surface area contributed by atoms with Gasteiger partial charge in [-0.1, -0.05) is 13.8 Å². The fourth-order valence-electron chi connectivity index (χ4n) is 2.48. The van der Waals surface area contributed by atoms with Gasteiger partial charge >= 0.3 is 0 Å². The summed E-state index contributed by atoms with van der Waals surface area (Å²) in [7, 11) is 1.65. The van der Waals surface area contributed by atoms with Crippen molar-refractivity contribution in [3.05, 3.63) is 11.9 Å². The van der Waals surface area contributed by atoms with E-state index in [0.717, 1.165) is 30.8 Å². The van der Waals surface area contributed by atoms with Crippen molar-refractivity contribution in [3.8, 4) is 5.75 Å². The van der Waals surface area contributed by atoms with Crippen LogP contribution in [-0.2, 0) is 11.3 Å². The summed E-state index contributed by atoms with van der Waals surface area (Å²) in [6, 6.07) is -0.184. The van der Waals surface area contributed by atoms with E-state index in [2.05, 4.69) is 31.3 Å². The summed E-state index contributed by atoms with van der Waals surface area (Å²) in [4.78, 5) is 0. The van der Waals surface area contributed by atoms with Gasteiger partial charge in [0.2, 0.25) is 0 Å². The number of nitrogens with one attached hydrogen (secondary N) is 1. The summed E-state index contributed by atoms with van der Waals surface area (Å²) in [5.74, 6) is 6.55. The van der Waals surface area contributed by atoms with Crippen LogP contribution in [0.1, 0.15) is 52.3 Å². The van der Waals surface area contributed by atoms with E-state index >= 15 is 0 Å². The van der Waals surface area contributed by atoms with Crippen molar-refractivity contribution in [3.63, 3.8) is 0 Å². The number of ether oxygens (including phenoxy) is 2. The van der Waals surface area contributed by atoms with E-state index in [4.69, 9.17) is 15.3 Å². The van der Waals surface area contributed by atoms with Crippen LogP contribution in [0, 0.1) is 0 Å². The number of methoxy groups -OCH3 is 1. The molecule has 1 rings (SSSR count). The van der Waals surface area contributed by atoms with Gasteiger partial charge in [0.25, 0.3) is 0 Å². The molecular weight excluding hydrogens is 256 g/mol. The van der Waals surface area contributed by atoms with Crippen LogP contribution in [0.3, 0.4) is 0 Å². The molecule has 2 unspecified atom stereocenters. The molecular formula is C14H28N4O2. The molecule has 0 aromatic carbocycles. The molecule has 1 aromatic rings. The number of aryl methyl sites for hydroxylation is 1. The normalized spacial score (nSPS) is 15.9.